The van der Waals surface area contributed by atoms with Crippen LogP contribution < -0.4 is 5.32 Å². The van der Waals surface area contributed by atoms with Gasteiger partial charge < -0.3 is 10.1 Å². The van der Waals surface area contributed by atoms with Gasteiger partial charge in [0, 0.05) is 24.5 Å². The molecule has 0 saturated heterocycles. The highest BCUT2D eigenvalue weighted by Crippen LogP contribution is 2.25. The zero-order chi connectivity index (χ0) is 18.9. The summed E-state index contributed by atoms with van der Waals surface area (Å²) in [5, 5.41) is 3.64. The fourth-order valence-corrected chi connectivity index (χ4v) is 2.71. The quantitative estimate of drug-likeness (QED) is 0.687. The number of hydrogen-bond acceptors (Lipinski definition) is 4. The minimum Gasteiger partial charge on any atom is -0.468 e. The molecule has 2 rings (SSSR count). The zero-order valence-electron chi connectivity index (χ0n) is 14.4. The van der Waals surface area contributed by atoms with E-state index < -0.39 is 0 Å². The van der Waals surface area contributed by atoms with Crippen LogP contribution in [0.25, 0.3) is 0 Å². The van der Waals surface area contributed by atoms with Crippen LogP contribution in [-0.2, 0) is 20.9 Å². The van der Waals surface area contributed by atoms with E-state index in [1.165, 1.54) is 7.11 Å². The van der Waals surface area contributed by atoms with Crippen molar-refractivity contribution in [2.24, 2.45) is 0 Å². The maximum atomic E-state index is 12.2. The first kappa shape index (κ1) is 20.2. The van der Waals surface area contributed by atoms with E-state index in [0.717, 1.165) is 5.56 Å². The van der Waals surface area contributed by atoms with Gasteiger partial charge in [0.15, 0.2) is 0 Å². The van der Waals surface area contributed by atoms with Gasteiger partial charge in [0.25, 0.3) is 0 Å². The summed E-state index contributed by atoms with van der Waals surface area (Å²) < 4.78 is 4.74. The average molecular weight is 395 g/mol. The first-order valence-electron chi connectivity index (χ1n) is 8.06. The van der Waals surface area contributed by atoms with Gasteiger partial charge in [-0.15, -0.1) is 0 Å². The van der Waals surface area contributed by atoms with E-state index in [-0.39, 0.29) is 24.8 Å². The lowest BCUT2D eigenvalue weighted by Crippen LogP contribution is -2.33. The number of halogens is 2. The van der Waals surface area contributed by atoms with E-state index in [4.69, 9.17) is 27.9 Å². The molecule has 0 aliphatic carbocycles. The Bertz CT molecular complexity index is 754. The van der Waals surface area contributed by atoms with Gasteiger partial charge in [0.1, 0.15) is 0 Å². The fourth-order valence-electron chi connectivity index (χ4n) is 2.37. The number of nitrogens with zero attached hydrogens (tertiary/aromatic N) is 1. The average Bonchev–Trinajstić information content (AvgIpc) is 2.63. The molecule has 0 bridgehead atoms. The Labute approximate surface area is 162 Å². The monoisotopic (exact) mass is 394 g/mol. The predicted octanol–water partition coefficient (Wildman–Crippen LogP) is 4.00. The van der Waals surface area contributed by atoms with E-state index in [1.54, 1.807) is 18.2 Å². The van der Waals surface area contributed by atoms with Crippen LogP contribution in [0.2, 0.25) is 10.0 Å². The molecule has 26 heavy (non-hydrogen) atoms. The Morgan fingerprint density at radius 3 is 2.54 bits per heavy atom. The molecular weight excluding hydrogens is 375 g/mol. The molecule has 5 nitrogen and oxygen atoms in total. The number of benzene rings is 2. The summed E-state index contributed by atoms with van der Waals surface area (Å²) in [4.78, 5) is 25.7. The Balaban J connectivity index is 1.95. The Kier molecular flexibility index (Phi) is 7.91. The fraction of sp³-hybridized carbons (Fsp3) is 0.263. The smallest absolute Gasteiger partial charge is 0.319 e. The van der Waals surface area contributed by atoms with Crippen LogP contribution in [0.5, 0.6) is 0 Å². The van der Waals surface area contributed by atoms with Crippen LogP contribution in [0.3, 0.4) is 0 Å². The summed E-state index contributed by atoms with van der Waals surface area (Å²) in [5.74, 6) is -0.559. The second kappa shape index (κ2) is 10.2. The lowest BCUT2D eigenvalue weighted by Gasteiger charge is -2.21. The molecule has 7 heteroatoms. The zero-order valence-corrected chi connectivity index (χ0v) is 15.9. The molecule has 0 aliphatic heterocycles. The molecule has 0 atom stereocenters. The highest BCUT2D eigenvalue weighted by molar-refractivity contribution is 6.35. The number of amides is 1. The molecule has 1 amide bonds. The molecule has 0 spiro atoms. The third-order valence-corrected chi connectivity index (χ3v) is 4.25. The SMILES string of the molecule is COC(=O)CN(CCC(=O)Nc1cc(Cl)ccc1Cl)Cc1ccccc1. The van der Waals surface area contributed by atoms with Gasteiger partial charge in [0.2, 0.25) is 5.91 Å². The molecule has 138 valence electrons. The number of carbonyl (C=O) groups is 2. The maximum absolute atomic E-state index is 12.2. The van der Waals surface area contributed by atoms with Crippen LogP contribution in [0.15, 0.2) is 48.5 Å². The number of methoxy groups -OCH3 is 1. The predicted molar refractivity (Wildman–Crippen MR) is 103 cm³/mol. The van der Waals surface area contributed by atoms with Crippen molar-refractivity contribution in [3.05, 3.63) is 64.1 Å². The number of anilines is 1. The van der Waals surface area contributed by atoms with Gasteiger partial charge in [-0.3, -0.25) is 14.5 Å². The standard InChI is InChI=1S/C19H20Cl2N2O3/c1-26-19(25)13-23(12-14-5-3-2-4-6-14)10-9-18(24)22-17-11-15(20)7-8-16(17)21/h2-8,11H,9-10,12-13H2,1H3,(H,22,24). The Hall–Kier alpha value is -2.08. The van der Waals surface area contributed by atoms with Gasteiger partial charge in [-0.2, -0.15) is 0 Å². The topological polar surface area (TPSA) is 58.6 Å². The number of esters is 1. The summed E-state index contributed by atoms with van der Waals surface area (Å²) >= 11 is 12.0. The molecule has 0 aliphatic rings. The summed E-state index contributed by atoms with van der Waals surface area (Å²) in [6.07, 6.45) is 0.201. The van der Waals surface area contributed by atoms with Gasteiger partial charge in [-0.25, -0.2) is 0 Å². The second-order valence-electron chi connectivity index (χ2n) is 5.69. The van der Waals surface area contributed by atoms with Crippen molar-refractivity contribution in [2.75, 3.05) is 25.5 Å². The molecular formula is C19H20Cl2N2O3. The highest BCUT2D eigenvalue weighted by Gasteiger charge is 2.14. The molecule has 0 unspecified atom stereocenters. The van der Waals surface area contributed by atoms with Crippen LogP contribution >= 0.6 is 23.2 Å². The normalized spacial score (nSPS) is 10.6. The lowest BCUT2D eigenvalue weighted by atomic mass is 10.2. The van der Waals surface area contributed by atoms with Crippen molar-refractivity contribution >= 4 is 40.8 Å². The number of hydrogen-bond donors (Lipinski definition) is 1. The number of ether oxygens (including phenoxy) is 1. The first-order chi connectivity index (χ1) is 12.5. The van der Waals surface area contributed by atoms with Crippen molar-refractivity contribution in [1.29, 1.82) is 0 Å². The summed E-state index contributed by atoms with van der Waals surface area (Å²) in [6, 6.07) is 14.6. The molecule has 0 aromatic heterocycles. The van der Waals surface area contributed by atoms with Crippen molar-refractivity contribution < 1.29 is 14.3 Å². The highest BCUT2D eigenvalue weighted by atomic mass is 35.5. The van der Waals surface area contributed by atoms with Crippen LogP contribution in [0, 0.1) is 0 Å². The maximum Gasteiger partial charge on any atom is 0.319 e. The minimum atomic E-state index is -0.348. The second-order valence-corrected chi connectivity index (χ2v) is 6.54. The van der Waals surface area contributed by atoms with Crippen molar-refractivity contribution in [3.8, 4) is 0 Å². The number of carbonyl (C=O) groups excluding carboxylic acids is 2. The largest absolute Gasteiger partial charge is 0.468 e. The third kappa shape index (κ3) is 6.67. The molecule has 2 aromatic carbocycles. The third-order valence-electron chi connectivity index (χ3n) is 3.69. The van der Waals surface area contributed by atoms with E-state index in [9.17, 15) is 9.59 Å². The van der Waals surface area contributed by atoms with E-state index in [2.05, 4.69) is 5.32 Å². The van der Waals surface area contributed by atoms with Gasteiger partial charge >= 0.3 is 5.97 Å². The van der Waals surface area contributed by atoms with Crippen LogP contribution in [0.4, 0.5) is 5.69 Å². The molecule has 2 aromatic rings. The molecule has 0 saturated carbocycles. The van der Waals surface area contributed by atoms with Crippen molar-refractivity contribution in [1.82, 2.24) is 4.90 Å². The molecule has 0 heterocycles. The van der Waals surface area contributed by atoms with Crippen LogP contribution in [-0.4, -0.2) is 37.0 Å². The van der Waals surface area contributed by atoms with Gasteiger partial charge in [0.05, 0.1) is 24.4 Å². The van der Waals surface area contributed by atoms with Gasteiger partial charge in [-0.05, 0) is 23.8 Å². The Morgan fingerprint density at radius 1 is 1.12 bits per heavy atom. The van der Waals surface area contributed by atoms with Gasteiger partial charge in [-0.1, -0.05) is 53.5 Å². The molecule has 0 fully saturated rings. The first-order valence-corrected chi connectivity index (χ1v) is 8.81. The number of rotatable bonds is 8. The lowest BCUT2D eigenvalue weighted by molar-refractivity contribution is -0.142. The Morgan fingerprint density at radius 2 is 1.85 bits per heavy atom. The van der Waals surface area contributed by atoms with E-state index in [0.29, 0.717) is 28.8 Å². The molecule has 0 radical (unpaired) electrons. The van der Waals surface area contributed by atoms with Crippen LogP contribution in [0.1, 0.15) is 12.0 Å². The summed E-state index contributed by atoms with van der Waals surface area (Å²) in [7, 11) is 1.34. The summed E-state index contributed by atoms with van der Waals surface area (Å²) in [5.41, 5.74) is 1.52. The van der Waals surface area contributed by atoms with Crippen molar-refractivity contribution in [3.63, 3.8) is 0 Å². The number of nitrogens with one attached hydrogen (secondary N) is 1. The van der Waals surface area contributed by atoms with Crippen molar-refractivity contribution in [2.45, 2.75) is 13.0 Å². The minimum absolute atomic E-state index is 0.108. The van der Waals surface area contributed by atoms with E-state index in [1.807, 2.05) is 35.2 Å². The van der Waals surface area contributed by atoms with E-state index >= 15 is 0 Å². The summed E-state index contributed by atoms with van der Waals surface area (Å²) in [6.45, 7) is 1.05. The molecule has 1 N–H and O–H groups in total.